The fraction of sp³-hybridized carbons (Fsp3) is 0.467. The first-order chi connectivity index (χ1) is 10.3. The first-order valence-electron chi connectivity index (χ1n) is 6.68. The molecular weight excluding hydrogens is 365 g/mol. The van der Waals surface area contributed by atoms with Crippen molar-refractivity contribution in [2.24, 2.45) is 11.7 Å². The summed E-state index contributed by atoms with van der Waals surface area (Å²) in [6.45, 7) is 8.74. The summed E-state index contributed by atoms with van der Waals surface area (Å²) in [5.41, 5.74) is 4.26. The molecule has 0 heterocycles. The number of carbonyl (C=O) groups excluding carboxylic acids is 2. The van der Waals surface area contributed by atoms with Crippen LogP contribution < -0.4 is 10.5 Å². The van der Waals surface area contributed by atoms with Gasteiger partial charge in [0.05, 0.1) is 21.0 Å². The van der Waals surface area contributed by atoms with Crippen molar-refractivity contribution in [3.05, 3.63) is 27.2 Å². The number of ether oxygens (including phenoxy) is 2. The smallest absolute Gasteiger partial charge is 0.405 e. The van der Waals surface area contributed by atoms with Crippen LogP contribution in [0, 0.1) is 5.92 Å². The van der Waals surface area contributed by atoms with E-state index in [-0.39, 0.29) is 22.7 Å². The van der Waals surface area contributed by atoms with Crippen molar-refractivity contribution in [3.8, 4) is 5.75 Å². The van der Waals surface area contributed by atoms with Crippen LogP contribution in [0.15, 0.2) is 12.1 Å². The molecule has 5 nitrogen and oxygen atoms in total. The molecule has 0 atom stereocenters. The maximum Gasteiger partial charge on any atom is 0.405 e. The third kappa shape index (κ3) is 9.54. The molecule has 23 heavy (non-hydrogen) atoms. The van der Waals surface area contributed by atoms with Crippen molar-refractivity contribution in [2.75, 3.05) is 0 Å². The minimum atomic E-state index is -0.725. The molecule has 0 saturated carbocycles. The van der Waals surface area contributed by atoms with E-state index < -0.39 is 11.7 Å². The summed E-state index contributed by atoms with van der Waals surface area (Å²) in [5, 5.41) is 0.886. The van der Waals surface area contributed by atoms with Crippen molar-refractivity contribution in [2.45, 2.75) is 40.2 Å². The third-order valence-corrected chi connectivity index (χ3v) is 3.08. The van der Waals surface area contributed by atoms with E-state index >= 15 is 0 Å². The Morgan fingerprint density at radius 3 is 1.87 bits per heavy atom. The summed E-state index contributed by atoms with van der Waals surface area (Å²) in [6.07, 6.45) is -0.725. The molecule has 0 aliphatic heterocycles. The van der Waals surface area contributed by atoms with E-state index in [1.165, 1.54) is 12.1 Å². The second-order valence-corrected chi connectivity index (χ2v) is 7.03. The largest absolute Gasteiger partial charge is 0.444 e. The highest BCUT2D eigenvalue weighted by Gasteiger charge is 2.14. The molecule has 0 aliphatic carbocycles. The maximum atomic E-state index is 11.3. The van der Waals surface area contributed by atoms with Gasteiger partial charge in [-0.3, -0.25) is 4.79 Å². The number of primary amides is 1. The van der Waals surface area contributed by atoms with Gasteiger partial charge in [-0.2, -0.15) is 0 Å². The number of esters is 1. The molecule has 0 fully saturated rings. The lowest BCUT2D eigenvalue weighted by Gasteiger charge is -2.16. The van der Waals surface area contributed by atoms with E-state index in [9.17, 15) is 9.59 Å². The zero-order valence-corrected chi connectivity index (χ0v) is 15.8. The minimum Gasteiger partial charge on any atom is -0.444 e. The van der Waals surface area contributed by atoms with Gasteiger partial charge in [0.15, 0.2) is 5.75 Å². The highest BCUT2D eigenvalue weighted by molar-refractivity contribution is 6.43. The molecule has 0 bridgehead atoms. The second-order valence-electron chi connectivity index (χ2n) is 5.81. The number of nitrogens with two attached hydrogens (primary N) is 1. The van der Waals surface area contributed by atoms with Crippen LogP contribution in [0.5, 0.6) is 5.75 Å². The van der Waals surface area contributed by atoms with Crippen molar-refractivity contribution in [1.82, 2.24) is 0 Å². The zero-order valence-electron chi connectivity index (χ0n) is 13.6. The molecule has 8 heteroatoms. The minimum absolute atomic E-state index is 0.226. The van der Waals surface area contributed by atoms with Gasteiger partial charge in [-0.1, -0.05) is 48.7 Å². The average molecular weight is 385 g/mol. The van der Waals surface area contributed by atoms with Gasteiger partial charge in [0.25, 0.3) is 0 Å². The standard InChI is InChI=1S/C10H9Cl3O2.C5H11NO2/c1-5(2)10(14)15-9-4-7(12)6(11)3-8(9)13;1-5(2,3)8-4(6)7/h3-5H,1-2H3;1-3H3,(H2,6,7). The Kier molecular flexibility index (Phi) is 8.74. The molecule has 1 aromatic rings. The molecule has 1 amide bonds. The maximum absolute atomic E-state index is 11.3. The van der Waals surface area contributed by atoms with Crippen molar-refractivity contribution in [1.29, 1.82) is 0 Å². The molecule has 2 N–H and O–H groups in total. The Morgan fingerprint density at radius 1 is 1.04 bits per heavy atom. The lowest BCUT2D eigenvalue weighted by atomic mass is 10.2. The SMILES string of the molecule is CC(C)(C)OC(N)=O.CC(C)C(=O)Oc1cc(Cl)c(Cl)cc1Cl. The van der Waals surface area contributed by atoms with E-state index in [2.05, 4.69) is 4.74 Å². The van der Waals surface area contributed by atoms with Crippen LogP contribution in [0.25, 0.3) is 0 Å². The lowest BCUT2D eigenvalue weighted by molar-refractivity contribution is -0.137. The monoisotopic (exact) mass is 383 g/mol. The van der Waals surface area contributed by atoms with Crippen LogP contribution in [0.4, 0.5) is 4.79 Å². The molecular formula is C15H20Cl3NO4. The fourth-order valence-electron chi connectivity index (χ4n) is 1.11. The number of hydrogen-bond acceptors (Lipinski definition) is 4. The zero-order chi connectivity index (χ0) is 18.4. The van der Waals surface area contributed by atoms with Crippen molar-refractivity contribution < 1.29 is 19.1 Å². The molecule has 0 unspecified atom stereocenters. The van der Waals surface area contributed by atoms with E-state index in [0.29, 0.717) is 10.0 Å². The van der Waals surface area contributed by atoms with Gasteiger partial charge >= 0.3 is 12.1 Å². The average Bonchev–Trinajstić information content (AvgIpc) is 2.33. The second kappa shape index (κ2) is 9.21. The number of halogens is 3. The van der Waals surface area contributed by atoms with Crippen LogP contribution >= 0.6 is 34.8 Å². The third-order valence-electron chi connectivity index (χ3n) is 2.06. The Labute approximate surface area is 151 Å². The molecule has 130 valence electrons. The van der Waals surface area contributed by atoms with Gasteiger partial charge in [0.2, 0.25) is 0 Å². The van der Waals surface area contributed by atoms with Crippen LogP contribution in [-0.2, 0) is 9.53 Å². The fourth-order valence-corrected chi connectivity index (χ4v) is 1.69. The Bertz CT molecular complexity index is 569. The molecule has 0 aliphatic rings. The van der Waals surface area contributed by atoms with Gasteiger partial charge in [0, 0.05) is 6.07 Å². The summed E-state index contributed by atoms with van der Waals surface area (Å²) in [7, 11) is 0. The summed E-state index contributed by atoms with van der Waals surface area (Å²) >= 11 is 17.3. The predicted octanol–water partition coefficient (Wildman–Crippen LogP) is 5.09. The Morgan fingerprint density at radius 2 is 1.52 bits per heavy atom. The molecule has 1 aromatic carbocycles. The number of amides is 1. The quantitative estimate of drug-likeness (QED) is 0.437. The van der Waals surface area contributed by atoms with Gasteiger partial charge in [0.1, 0.15) is 5.60 Å². The highest BCUT2D eigenvalue weighted by atomic mass is 35.5. The Balaban J connectivity index is 0.000000515. The number of carbonyl (C=O) groups is 2. The topological polar surface area (TPSA) is 78.6 Å². The predicted molar refractivity (Wildman–Crippen MR) is 92.4 cm³/mol. The van der Waals surface area contributed by atoms with E-state index in [1.807, 2.05) is 0 Å². The van der Waals surface area contributed by atoms with Crippen molar-refractivity contribution in [3.63, 3.8) is 0 Å². The number of hydrogen-bond donors (Lipinski definition) is 1. The number of rotatable bonds is 2. The van der Waals surface area contributed by atoms with E-state index in [1.54, 1.807) is 34.6 Å². The highest BCUT2D eigenvalue weighted by Crippen LogP contribution is 2.34. The first kappa shape index (κ1) is 21.8. The Hall–Kier alpha value is -1.17. The van der Waals surface area contributed by atoms with E-state index in [4.69, 9.17) is 45.3 Å². The summed E-state index contributed by atoms with van der Waals surface area (Å²) < 4.78 is 9.60. The van der Waals surface area contributed by atoms with E-state index in [0.717, 1.165) is 0 Å². The van der Waals surface area contributed by atoms with Crippen LogP contribution in [-0.4, -0.2) is 17.7 Å². The summed E-state index contributed by atoms with van der Waals surface area (Å²) in [5.74, 6) is -0.365. The molecule has 0 saturated heterocycles. The summed E-state index contributed by atoms with van der Waals surface area (Å²) in [6, 6.07) is 2.86. The summed E-state index contributed by atoms with van der Waals surface area (Å²) in [4.78, 5) is 21.3. The van der Waals surface area contributed by atoms with Gasteiger partial charge < -0.3 is 15.2 Å². The van der Waals surface area contributed by atoms with Gasteiger partial charge in [-0.25, -0.2) is 4.79 Å². The molecule has 0 radical (unpaired) electrons. The lowest BCUT2D eigenvalue weighted by Crippen LogP contribution is -2.27. The van der Waals surface area contributed by atoms with Gasteiger partial charge in [-0.05, 0) is 26.8 Å². The van der Waals surface area contributed by atoms with Crippen LogP contribution in [0.3, 0.4) is 0 Å². The number of benzene rings is 1. The van der Waals surface area contributed by atoms with Crippen LogP contribution in [0.1, 0.15) is 34.6 Å². The van der Waals surface area contributed by atoms with Crippen molar-refractivity contribution >= 4 is 46.9 Å². The molecule has 0 spiro atoms. The first-order valence-corrected chi connectivity index (χ1v) is 7.81. The molecule has 0 aromatic heterocycles. The van der Waals surface area contributed by atoms with Gasteiger partial charge in [-0.15, -0.1) is 0 Å². The molecule has 1 rings (SSSR count). The normalized spacial score (nSPS) is 10.7. The van der Waals surface area contributed by atoms with Crippen LogP contribution in [0.2, 0.25) is 15.1 Å².